The molecule has 1 aromatic rings. The molecule has 0 aliphatic carbocycles. The van der Waals surface area contributed by atoms with E-state index in [1.807, 2.05) is 0 Å². The average Bonchev–Trinajstić information content (AvgIpc) is 2.61. The minimum atomic E-state index is -4.60. The second-order valence-electron chi connectivity index (χ2n) is 6.79. The highest BCUT2D eigenvalue weighted by atomic mass is 35.5. The summed E-state index contributed by atoms with van der Waals surface area (Å²) >= 11 is 7.41. The quantitative estimate of drug-likeness (QED) is 0.169. The van der Waals surface area contributed by atoms with Gasteiger partial charge in [-0.15, -0.1) is 11.8 Å². The third-order valence-corrected chi connectivity index (χ3v) is 5.99. The molecule has 166 valence electrons. The highest BCUT2D eigenvalue weighted by Gasteiger charge is 2.33. The van der Waals surface area contributed by atoms with Gasteiger partial charge in [-0.05, 0) is 57.1 Å². The molecule has 0 fully saturated rings. The molecule has 9 heteroatoms. The molecule has 1 amide bonds. The number of carbonyl (C=O) groups excluding carboxylic acids is 2. The number of halogens is 5. The molecule has 0 aliphatic rings. The fourth-order valence-electron chi connectivity index (χ4n) is 2.56. The summed E-state index contributed by atoms with van der Waals surface area (Å²) < 4.78 is 53.8. The molecule has 0 spiro atoms. The number of alkyl halides is 3. The maximum Gasteiger partial charge on any atom is 0.412 e. The molecule has 1 rings (SSSR count). The van der Waals surface area contributed by atoms with Gasteiger partial charge >= 0.3 is 6.18 Å². The summed E-state index contributed by atoms with van der Waals surface area (Å²) in [4.78, 5) is 24.5. The van der Waals surface area contributed by atoms with Gasteiger partial charge in [0.15, 0.2) is 0 Å². The summed E-state index contributed by atoms with van der Waals surface area (Å²) in [5.74, 6) is -0.844. The van der Waals surface area contributed by atoms with Gasteiger partial charge in [-0.1, -0.05) is 18.2 Å². The number of unbranched alkanes of at least 4 members (excludes halogenated alkanes) is 1. The number of benzene rings is 1. The summed E-state index contributed by atoms with van der Waals surface area (Å²) in [5.41, 5.74) is -1.69. The minimum Gasteiger partial charge on any atom is -0.300 e. The SMILES string of the molecule is C=C(/C(C)=C(\C)C(F)(F)F)N(C(C)=O)c1cc(SCCCCC(C)=O)c(Cl)cc1F. The second kappa shape index (κ2) is 11.0. The number of thioether (sulfide) groups is 1. The zero-order chi connectivity index (χ0) is 23.2. The van der Waals surface area contributed by atoms with E-state index in [4.69, 9.17) is 11.6 Å². The largest absolute Gasteiger partial charge is 0.412 e. The van der Waals surface area contributed by atoms with E-state index in [0.29, 0.717) is 23.5 Å². The minimum absolute atomic E-state index is 0.0929. The Kier molecular flexibility index (Phi) is 9.62. The molecule has 30 heavy (non-hydrogen) atoms. The smallest absolute Gasteiger partial charge is 0.300 e. The first-order chi connectivity index (χ1) is 13.8. The molecule has 1 aromatic carbocycles. The summed E-state index contributed by atoms with van der Waals surface area (Å²) in [5, 5.41) is 0.126. The van der Waals surface area contributed by atoms with Gasteiger partial charge in [-0.2, -0.15) is 13.2 Å². The third-order valence-electron chi connectivity index (χ3n) is 4.43. The number of anilines is 1. The zero-order valence-corrected chi connectivity index (χ0v) is 18.8. The monoisotopic (exact) mass is 465 g/mol. The summed E-state index contributed by atoms with van der Waals surface area (Å²) in [6.45, 7) is 8.27. The van der Waals surface area contributed by atoms with Crippen molar-refractivity contribution in [2.45, 2.75) is 58.0 Å². The summed E-state index contributed by atoms with van der Waals surface area (Å²) in [7, 11) is 0. The van der Waals surface area contributed by atoms with Crippen LogP contribution in [0.2, 0.25) is 5.02 Å². The van der Waals surface area contributed by atoms with Gasteiger partial charge in [0.2, 0.25) is 5.91 Å². The van der Waals surface area contributed by atoms with Crippen LogP contribution < -0.4 is 4.90 Å². The van der Waals surface area contributed by atoms with Gasteiger partial charge in [0, 0.05) is 29.5 Å². The highest BCUT2D eigenvalue weighted by molar-refractivity contribution is 7.99. The zero-order valence-electron chi connectivity index (χ0n) is 17.3. The number of hydrogen-bond acceptors (Lipinski definition) is 3. The first kappa shape index (κ1) is 26.2. The number of nitrogens with zero attached hydrogens (tertiary/aromatic N) is 1. The van der Waals surface area contributed by atoms with Gasteiger partial charge in [0.25, 0.3) is 0 Å². The third kappa shape index (κ3) is 7.16. The van der Waals surface area contributed by atoms with Crippen molar-refractivity contribution in [3.8, 4) is 0 Å². The lowest BCUT2D eigenvalue weighted by Gasteiger charge is -2.26. The number of hydrogen-bond donors (Lipinski definition) is 0. The van der Waals surface area contributed by atoms with Crippen molar-refractivity contribution in [1.29, 1.82) is 0 Å². The van der Waals surface area contributed by atoms with Gasteiger partial charge in [0.1, 0.15) is 11.6 Å². The van der Waals surface area contributed by atoms with E-state index in [2.05, 4.69) is 6.58 Å². The highest BCUT2D eigenvalue weighted by Crippen LogP contribution is 2.37. The standard InChI is InChI=1S/C21H24ClF4NO2S/c1-12(28)8-6-7-9-30-20-11-19(18(23)10-17(20)22)27(16(5)29)15(4)13(2)14(3)21(24,25)26/h10-11H,4,6-9H2,1-3,5H3/b14-13+. The maximum atomic E-state index is 14.6. The van der Waals surface area contributed by atoms with Crippen LogP contribution >= 0.6 is 23.4 Å². The topological polar surface area (TPSA) is 37.4 Å². The number of ketones is 1. The predicted octanol–water partition coefficient (Wildman–Crippen LogP) is 7.10. The van der Waals surface area contributed by atoms with Crippen LogP contribution in [0, 0.1) is 5.82 Å². The van der Waals surface area contributed by atoms with E-state index in [1.54, 1.807) is 0 Å². The van der Waals surface area contributed by atoms with Crippen LogP contribution in [0.1, 0.15) is 47.0 Å². The van der Waals surface area contributed by atoms with Gasteiger partial charge in [-0.25, -0.2) is 4.39 Å². The number of amides is 1. The van der Waals surface area contributed by atoms with Crippen LogP contribution in [-0.2, 0) is 9.59 Å². The number of carbonyl (C=O) groups is 2. The molecular weight excluding hydrogens is 442 g/mol. The molecule has 3 nitrogen and oxygen atoms in total. The summed E-state index contributed by atoms with van der Waals surface area (Å²) in [6, 6.07) is 2.35. The Balaban J connectivity index is 3.23. The molecule has 0 aromatic heterocycles. The molecule has 0 radical (unpaired) electrons. The van der Waals surface area contributed by atoms with E-state index in [0.717, 1.165) is 31.2 Å². The molecule has 0 atom stereocenters. The first-order valence-corrected chi connectivity index (χ1v) is 10.5. The Morgan fingerprint density at radius 2 is 1.73 bits per heavy atom. The Hall–Kier alpha value is -1.80. The predicted molar refractivity (Wildman–Crippen MR) is 113 cm³/mol. The second-order valence-corrected chi connectivity index (χ2v) is 8.33. The molecule has 0 unspecified atom stereocenters. The molecule has 0 saturated carbocycles. The van der Waals surface area contributed by atoms with Crippen molar-refractivity contribution < 1.29 is 27.2 Å². The normalized spacial score (nSPS) is 12.4. The lowest BCUT2D eigenvalue weighted by molar-refractivity contribution is -0.117. The van der Waals surface area contributed by atoms with E-state index in [9.17, 15) is 27.2 Å². The van der Waals surface area contributed by atoms with Crippen molar-refractivity contribution in [2.24, 2.45) is 0 Å². The van der Waals surface area contributed by atoms with E-state index >= 15 is 0 Å². The fraction of sp³-hybridized carbons (Fsp3) is 0.429. The van der Waals surface area contributed by atoms with Crippen molar-refractivity contribution in [2.75, 3.05) is 10.7 Å². The van der Waals surface area contributed by atoms with E-state index in [-0.39, 0.29) is 27.8 Å². The fourth-order valence-corrected chi connectivity index (χ4v) is 3.83. The van der Waals surface area contributed by atoms with Crippen LogP contribution in [0.25, 0.3) is 0 Å². The average molecular weight is 466 g/mol. The number of rotatable bonds is 9. The van der Waals surface area contributed by atoms with Crippen LogP contribution in [0.15, 0.2) is 40.5 Å². The Bertz CT molecular complexity index is 865. The summed E-state index contributed by atoms with van der Waals surface area (Å²) in [6.07, 6.45) is -2.71. The van der Waals surface area contributed by atoms with Crippen LogP contribution in [0.5, 0.6) is 0 Å². The molecular formula is C21H24ClF4NO2S. The van der Waals surface area contributed by atoms with E-state index in [1.165, 1.54) is 31.7 Å². The number of allylic oxidation sites excluding steroid dienone is 2. The molecule has 0 aliphatic heterocycles. The molecule has 0 bridgehead atoms. The van der Waals surface area contributed by atoms with Crippen molar-refractivity contribution in [3.63, 3.8) is 0 Å². The molecule has 0 N–H and O–H groups in total. The maximum absolute atomic E-state index is 14.6. The van der Waals surface area contributed by atoms with Crippen LogP contribution in [0.3, 0.4) is 0 Å². The van der Waals surface area contributed by atoms with Gasteiger partial charge in [-0.3, -0.25) is 9.69 Å². The lowest BCUT2D eigenvalue weighted by Crippen LogP contribution is -2.30. The first-order valence-electron chi connectivity index (χ1n) is 9.13. The van der Waals surface area contributed by atoms with Crippen LogP contribution in [0.4, 0.5) is 23.2 Å². The Labute approximate surface area is 183 Å². The van der Waals surface area contributed by atoms with Crippen molar-refractivity contribution >= 4 is 40.7 Å². The van der Waals surface area contributed by atoms with Crippen molar-refractivity contribution in [1.82, 2.24) is 0 Å². The van der Waals surface area contributed by atoms with Crippen LogP contribution in [-0.4, -0.2) is 23.6 Å². The van der Waals surface area contributed by atoms with E-state index < -0.39 is 23.5 Å². The van der Waals surface area contributed by atoms with Crippen molar-refractivity contribution in [3.05, 3.63) is 46.4 Å². The Morgan fingerprint density at radius 3 is 2.23 bits per heavy atom. The van der Waals surface area contributed by atoms with Gasteiger partial charge < -0.3 is 4.79 Å². The van der Waals surface area contributed by atoms with Gasteiger partial charge in [0.05, 0.1) is 10.7 Å². The molecule has 0 heterocycles. The Morgan fingerprint density at radius 1 is 1.13 bits per heavy atom. The molecule has 0 saturated heterocycles. The number of Topliss-reactive ketones (excluding diaryl/α,β-unsaturated/α-hetero) is 1. The lowest BCUT2D eigenvalue weighted by atomic mass is 10.1.